The summed E-state index contributed by atoms with van der Waals surface area (Å²) < 4.78 is 0.969. The molecular formula is C15H20BrNO2. The minimum atomic E-state index is -0.0326. The van der Waals surface area contributed by atoms with E-state index >= 15 is 0 Å². The topological polar surface area (TPSA) is 49.3 Å². The van der Waals surface area contributed by atoms with E-state index in [1.807, 2.05) is 24.3 Å². The number of halogens is 1. The summed E-state index contributed by atoms with van der Waals surface area (Å²) in [5, 5.41) is 12.3. The van der Waals surface area contributed by atoms with Gasteiger partial charge in [-0.1, -0.05) is 28.8 Å². The molecule has 2 atom stereocenters. The molecule has 1 aromatic carbocycles. The Labute approximate surface area is 122 Å². The van der Waals surface area contributed by atoms with Crippen LogP contribution in [0.25, 0.3) is 0 Å². The molecule has 2 unspecified atom stereocenters. The van der Waals surface area contributed by atoms with Crippen molar-refractivity contribution in [1.29, 1.82) is 0 Å². The molecule has 0 saturated heterocycles. The zero-order valence-corrected chi connectivity index (χ0v) is 12.5. The first-order chi connectivity index (χ1) is 9.20. The van der Waals surface area contributed by atoms with Gasteiger partial charge in [0.15, 0.2) is 0 Å². The Morgan fingerprint density at radius 3 is 2.47 bits per heavy atom. The normalized spacial score (nSPS) is 23.1. The van der Waals surface area contributed by atoms with Gasteiger partial charge in [0.1, 0.15) is 0 Å². The van der Waals surface area contributed by atoms with Gasteiger partial charge in [0.25, 0.3) is 5.91 Å². The zero-order valence-electron chi connectivity index (χ0n) is 10.9. The summed E-state index contributed by atoms with van der Waals surface area (Å²) in [4.78, 5) is 12.0. The summed E-state index contributed by atoms with van der Waals surface area (Å²) in [5.74, 6) is 0.729. The van der Waals surface area contributed by atoms with E-state index in [0.29, 0.717) is 23.9 Å². The molecule has 2 rings (SSSR count). The van der Waals surface area contributed by atoms with Gasteiger partial charge in [-0.3, -0.25) is 4.79 Å². The van der Waals surface area contributed by atoms with Gasteiger partial charge in [-0.2, -0.15) is 0 Å². The standard InChI is InChI=1S/C15H20BrNO2/c16-14-7-5-11(6-8-14)15(19)17-9-12-3-1-2-4-13(12)10-18/h5-8,12-13,18H,1-4,9-10H2,(H,17,19). The van der Waals surface area contributed by atoms with Crippen molar-refractivity contribution in [1.82, 2.24) is 5.32 Å². The Balaban J connectivity index is 1.87. The van der Waals surface area contributed by atoms with Crippen molar-refractivity contribution in [3.8, 4) is 0 Å². The van der Waals surface area contributed by atoms with Gasteiger partial charge in [-0.15, -0.1) is 0 Å². The second-order valence-electron chi connectivity index (χ2n) is 5.20. The Kier molecular flexibility index (Phi) is 5.40. The number of carbonyl (C=O) groups is 1. The first-order valence-electron chi connectivity index (χ1n) is 6.85. The number of benzene rings is 1. The van der Waals surface area contributed by atoms with Crippen LogP contribution in [0.4, 0.5) is 0 Å². The lowest BCUT2D eigenvalue weighted by Gasteiger charge is -2.30. The molecule has 0 aliphatic heterocycles. The lowest BCUT2D eigenvalue weighted by atomic mass is 9.79. The third kappa shape index (κ3) is 4.05. The minimum absolute atomic E-state index is 0.0326. The number of carbonyl (C=O) groups excluding carboxylic acids is 1. The third-order valence-electron chi connectivity index (χ3n) is 3.93. The maximum absolute atomic E-state index is 12.0. The fourth-order valence-electron chi connectivity index (χ4n) is 2.72. The number of aliphatic hydroxyl groups is 1. The summed E-state index contributed by atoms with van der Waals surface area (Å²) >= 11 is 3.35. The van der Waals surface area contributed by atoms with Crippen LogP contribution in [0.1, 0.15) is 36.0 Å². The summed E-state index contributed by atoms with van der Waals surface area (Å²) in [6, 6.07) is 7.35. The summed E-state index contributed by atoms with van der Waals surface area (Å²) in [6.45, 7) is 0.902. The van der Waals surface area contributed by atoms with Crippen LogP contribution in [-0.2, 0) is 0 Å². The van der Waals surface area contributed by atoms with Gasteiger partial charge in [0, 0.05) is 23.2 Å². The van der Waals surface area contributed by atoms with Crippen LogP contribution in [0.3, 0.4) is 0 Å². The molecule has 1 saturated carbocycles. The quantitative estimate of drug-likeness (QED) is 0.894. The molecule has 4 heteroatoms. The number of hydrogen-bond donors (Lipinski definition) is 2. The van der Waals surface area contributed by atoms with Crippen molar-refractivity contribution in [3.63, 3.8) is 0 Å². The van der Waals surface area contributed by atoms with Crippen LogP contribution >= 0.6 is 15.9 Å². The third-order valence-corrected chi connectivity index (χ3v) is 4.46. The number of amides is 1. The van der Waals surface area contributed by atoms with Crippen LogP contribution in [-0.4, -0.2) is 24.2 Å². The molecule has 1 aliphatic carbocycles. The van der Waals surface area contributed by atoms with E-state index in [0.717, 1.165) is 17.3 Å². The molecule has 0 bridgehead atoms. The van der Waals surface area contributed by atoms with Crippen LogP contribution in [0.2, 0.25) is 0 Å². The maximum atomic E-state index is 12.0. The van der Waals surface area contributed by atoms with Gasteiger partial charge < -0.3 is 10.4 Å². The van der Waals surface area contributed by atoms with Crippen LogP contribution in [0, 0.1) is 11.8 Å². The van der Waals surface area contributed by atoms with Crippen molar-refractivity contribution in [2.24, 2.45) is 11.8 Å². The highest BCUT2D eigenvalue weighted by Crippen LogP contribution is 2.29. The van der Waals surface area contributed by atoms with Crippen molar-refractivity contribution in [2.75, 3.05) is 13.2 Å². The highest BCUT2D eigenvalue weighted by molar-refractivity contribution is 9.10. The molecule has 1 amide bonds. The first kappa shape index (κ1) is 14.5. The molecule has 1 fully saturated rings. The molecule has 0 heterocycles. The van der Waals surface area contributed by atoms with Gasteiger partial charge in [0.05, 0.1) is 0 Å². The van der Waals surface area contributed by atoms with E-state index in [9.17, 15) is 9.90 Å². The molecule has 19 heavy (non-hydrogen) atoms. The molecule has 104 valence electrons. The summed E-state index contributed by atoms with van der Waals surface area (Å²) in [7, 11) is 0. The Morgan fingerprint density at radius 2 is 1.84 bits per heavy atom. The SMILES string of the molecule is O=C(NCC1CCCCC1CO)c1ccc(Br)cc1. The lowest BCUT2D eigenvalue weighted by molar-refractivity contribution is 0.0909. The molecule has 1 aliphatic rings. The predicted octanol–water partition coefficient (Wildman–Crippen LogP) is 2.98. The van der Waals surface area contributed by atoms with E-state index < -0.39 is 0 Å². The number of nitrogens with one attached hydrogen (secondary N) is 1. The molecule has 0 spiro atoms. The minimum Gasteiger partial charge on any atom is -0.396 e. The monoisotopic (exact) mass is 325 g/mol. The van der Waals surface area contributed by atoms with Crippen molar-refractivity contribution in [3.05, 3.63) is 34.3 Å². The van der Waals surface area contributed by atoms with Crippen molar-refractivity contribution >= 4 is 21.8 Å². The summed E-state index contributed by atoms with van der Waals surface area (Å²) in [5.41, 5.74) is 0.680. The second-order valence-corrected chi connectivity index (χ2v) is 6.12. The van der Waals surface area contributed by atoms with Crippen molar-refractivity contribution < 1.29 is 9.90 Å². The molecule has 0 radical (unpaired) electrons. The van der Waals surface area contributed by atoms with E-state index in [1.165, 1.54) is 12.8 Å². The average molecular weight is 326 g/mol. The largest absolute Gasteiger partial charge is 0.396 e. The van der Waals surface area contributed by atoms with E-state index in [-0.39, 0.29) is 12.5 Å². The second kappa shape index (κ2) is 7.06. The number of rotatable bonds is 4. The van der Waals surface area contributed by atoms with E-state index in [1.54, 1.807) is 0 Å². The van der Waals surface area contributed by atoms with Gasteiger partial charge >= 0.3 is 0 Å². The van der Waals surface area contributed by atoms with Gasteiger partial charge in [-0.05, 0) is 48.9 Å². The Morgan fingerprint density at radius 1 is 1.21 bits per heavy atom. The fraction of sp³-hybridized carbons (Fsp3) is 0.533. The van der Waals surface area contributed by atoms with Crippen molar-refractivity contribution in [2.45, 2.75) is 25.7 Å². The van der Waals surface area contributed by atoms with Gasteiger partial charge in [-0.25, -0.2) is 0 Å². The first-order valence-corrected chi connectivity index (χ1v) is 7.64. The predicted molar refractivity (Wildman–Crippen MR) is 79.0 cm³/mol. The molecule has 2 N–H and O–H groups in total. The highest BCUT2D eigenvalue weighted by atomic mass is 79.9. The Hall–Kier alpha value is -0.870. The Bertz CT molecular complexity index is 419. The number of hydrogen-bond acceptors (Lipinski definition) is 2. The number of aliphatic hydroxyl groups excluding tert-OH is 1. The molecule has 0 aromatic heterocycles. The molecule has 3 nitrogen and oxygen atoms in total. The zero-order chi connectivity index (χ0) is 13.7. The maximum Gasteiger partial charge on any atom is 0.251 e. The fourth-order valence-corrected chi connectivity index (χ4v) is 2.98. The van der Waals surface area contributed by atoms with Crippen LogP contribution < -0.4 is 5.32 Å². The van der Waals surface area contributed by atoms with E-state index in [2.05, 4.69) is 21.2 Å². The molecule has 1 aromatic rings. The lowest BCUT2D eigenvalue weighted by Crippen LogP contribution is -2.35. The smallest absolute Gasteiger partial charge is 0.251 e. The van der Waals surface area contributed by atoms with E-state index in [4.69, 9.17) is 0 Å². The van der Waals surface area contributed by atoms with Crippen LogP contribution in [0.15, 0.2) is 28.7 Å². The van der Waals surface area contributed by atoms with Gasteiger partial charge in [0.2, 0.25) is 0 Å². The summed E-state index contributed by atoms with van der Waals surface area (Å²) in [6.07, 6.45) is 4.58. The van der Waals surface area contributed by atoms with Crippen LogP contribution in [0.5, 0.6) is 0 Å². The highest BCUT2D eigenvalue weighted by Gasteiger charge is 2.24. The average Bonchev–Trinajstić information content (AvgIpc) is 2.45. The molecular weight excluding hydrogens is 306 g/mol.